The van der Waals surface area contributed by atoms with E-state index in [4.69, 9.17) is 4.74 Å². The molecule has 1 aliphatic rings. The van der Waals surface area contributed by atoms with Gasteiger partial charge in [-0.3, -0.25) is 0 Å². The van der Waals surface area contributed by atoms with Crippen LogP contribution in [-0.2, 0) is 4.74 Å². The number of unbranched alkanes of at least 4 members (excludes halogenated alkanes) is 8. The Balaban J connectivity index is 0.00000364. The van der Waals surface area contributed by atoms with Gasteiger partial charge in [0.2, 0.25) is 0 Å². The molecule has 1 aromatic rings. The number of hydrogen-bond acceptors (Lipinski definition) is 2. The van der Waals surface area contributed by atoms with E-state index in [0.29, 0.717) is 5.56 Å². The van der Waals surface area contributed by atoms with Gasteiger partial charge in [-0.15, -0.1) is 0 Å². The quantitative estimate of drug-likeness (QED) is 0.252. The summed E-state index contributed by atoms with van der Waals surface area (Å²) in [4.78, 5) is 11.2. The van der Waals surface area contributed by atoms with E-state index >= 15 is 0 Å². The average molecular weight is 364 g/mol. The maximum Gasteiger partial charge on any atom is 1.00 e. The van der Waals surface area contributed by atoms with Crippen LogP contribution in [0.5, 0.6) is 0 Å². The van der Waals surface area contributed by atoms with E-state index in [2.05, 4.69) is 19.1 Å². The van der Waals surface area contributed by atoms with Gasteiger partial charge in [0.25, 0.3) is 0 Å². The summed E-state index contributed by atoms with van der Waals surface area (Å²) in [7, 11) is 0. The molecule has 1 N–H and O–H groups in total. The van der Waals surface area contributed by atoms with Gasteiger partial charge in [0, 0.05) is 0 Å². The van der Waals surface area contributed by atoms with Crippen molar-refractivity contribution in [3.05, 3.63) is 59.7 Å². The number of aromatic carboxylic acids is 1. The first-order chi connectivity index (χ1) is 12.7. The van der Waals surface area contributed by atoms with Crippen molar-refractivity contribution in [1.82, 2.24) is 0 Å². The Kier molecular flexibility index (Phi) is 12.2. The summed E-state index contributed by atoms with van der Waals surface area (Å²) in [6, 6.07) is 7.06. The zero-order valence-corrected chi connectivity index (χ0v) is 16.9. The first kappa shape index (κ1) is 23.8. The molecular weight excluding hydrogens is 331 g/mol. The fraction of sp³-hybridized carbons (Fsp3) is 0.522. The number of ether oxygens (including phenoxy) is 1. The number of rotatable bonds is 13. The molecule has 2 atom stereocenters. The molecule has 2 unspecified atom stereocenters. The number of carbonyl (C=O) groups is 1. The molecule has 0 saturated carbocycles. The number of epoxide rings is 1. The number of carboxylic acids is 1. The van der Waals surface area contributed by atoms with Gasteiger partial charge in [0.05, 0.1) is 5.56 Å². The summed E-state index contributed by atoms with van der Waals surface area (Å²) in [6.07, 6.45) is 20.1. The number of benzene rings is 1. The van der Waals surface area contributed by atoms with Crippen LogP contribution in [0.1, 0.15) is 88.2 Å². The molecule has 2 rings (SSSR count). The summed E-state index contributed by atoms with van der Waals surface area (Å²) in [5, 5.41) is 9.23. The number of hydrogen-bond donors (Lipinski definition) is 1. The Labute approximate surface area is 177 Å². The van der Waals surface area contributed by atoms with E-state index in [0.717, 1.165) is 12.0 Å². The van der Waals surface area contributed by atoms with E-state index in [9.17, 15) is 9.90 Å². The maximum absolute atomic E-state index is 11.2. The van der Waals surface area contributed by atoms with Crippen molar-refractivity contribution in [3.63, 3.8) is 0 Å². The Hall–Kier alpha value is -1.27. The van der Waals surface area contributed by atoms with E-state index in [1.54, 1.807) is 12.1 Å². The molecule has 144 valence electrons. The van der Waals surface area contributed by atoms with Crippen molar-refractivity contribution in [2.45, 2.75) is 76.9 Å². The minimum Gasteiger partial charge on any atom is -1.00 e. The molecule has 1 aliphatic heterocycles. The van der Waals surface area contributed by atoms with Gasteiger partial charge in [-0.2, -0.15) is 0 Å². The van der Waals surface area contributed by atoms with Gasteiger partial charge in [-0.05, 0) is 24.5 Å². The third kappa shape index (κ3) is 8.97. The smallest absolute Gasteiger partial charge is 1.00 e. The van der Waals surface area contributed by atoms with Crippen LogP contribution in [-0.4, -0.2) is 17.2 Å². The maximum atomic E-state index is 11.2. The minimum atomic E-state index is -0.899. The second-order valence-corrected chi connectivity index (χ2v) is 6.99. The zero-order chi connectivity index (χ0) is 18.6. The average Bonchev–Trinajstić information content (AvgIpc) is 3.42. The fourth-order valence-electron chi connectivity index (χ4n) is 3.20. The van der Waals surface area contributed by atoms with E-state index in [1.165, 1.54) is 51.4 Å². The van der Waals surface area contributed by atoms with Gasteiger partial charge in [0.15, 0.2) is 0 Å². The van der Waals surface area contributed by atoms with Gasteiger partial charge in [0.1, 0.15) is 12.2 Å². The van der Waals surface area contributed by atoms with Gasteiger partial charge >= 0.3 is 24.8 Å². The minimum absolute atomic E-state index is 0. The zero-order valence-electron chi connectivity index (χ0n) is 17.9. The normalized spacial score (nSPS) is 18.7. The van der Waals surface area contributed by atoms with Crippen molar-refractivity contribution in [2.75, 3.05) is 0 Å². The predicted octanol–water partition coefficient (Wildman–Crippen LogP) is 3.58. The SMILES string of the molecule is CCCCCCCCCCC=CC=CC1OC1c1ccccc1C(=O)O.[H-].[Li+]. The van der Waals surface area contributed by atoms with Crippen LogP contribution < -0.4 is 18.9 Å². The molecule has 0 amide bonds. The van der Waals surface area contributed by atoms with E-state index in [-0.39, 0.29) is 32.5 Å². The van der Waals surface area contributed by atoms with Crippen LogP contribution in [0.3, 0.4) is 0 Å². The van der Waals surface area contributed by atoms with Crippen LogP contribution in [0.15, 0.2) is 48.6 Å². The molecule has 1 saturated heterocycles. The van der Waals surface area contributed by atoms with Crippen LogP contribution in [0.4, 0.5) is 0 Å². The Morgan fingerprint density at radius 1 is 1.07 bits per heavy atom. The second kappa shape index (κ2) is 13.8. The summed E-state index contributed by atoms with van der Waals surface area (Å²) >= 11 is 0. The summed E-state index contributed by atoms with van der Waals surface area (Å²) in [5.41, 5.74) is 1.09. The molecule has 0 radical (unpaired) electrons. The van der Waals surface area contributed by atoms with Crippen molar-refractivity contribution in [2.24, 2.45) is 0 Å². The van der Waals surface area contributed by atoms with Crippen LogP contribution >= 0.6 is 0 Å². The van der Waals surface area contributed by atoms with Gasteiger partial charge < -0.3 is 11.3 Å². The van der Waals surface area contributed by atoms with E-state index < -0.39 is 5.97 Å². The second-order valence-electron chi connectivity index (χ2n) is 6.99. The summed E-state index contributed by atoms with van der Waals surface area (Å²) in [6.45, 7) is 2.26. The molecule has 4 heteroatoms. The largest absolute Gasteiger partial charge is 1.00 e. The molecule has 0 aliphatic carbocycles. The molecule has 0 bridgehead atoms. The summed E-state index contributed by atoms with van der Waals surface area (Å²) < 4.78 is 5.61. The predicted molar refractivity (Wildman–Crippen MR) is 108 cm³/mol. The van der Waals surface area contributed by atoms with Crippen molar-refractivity contribution < 1.29 is 34.9 Å². The first-order valence-electron chi connectivity index (χ1n) is 10.0. The summed E-state index contributed by atoms with van der Waals surface area (Å²) in [5.74, 6) is -0.899. The van der Waals surface area contributed by atoms with Crippen molar-refractivity contribution >= 4 is 5.97 Å². The van der Waals surface area contributed by atoms with E-state index in [1.807, 2.05) is 24.3 Å². The van der Waals surface area contributed by atoms with Crippen LogP contribution in [0.2, 0.25) is 0 Å². The van der Waals surface area contributed by atoms with Crippen molar-refractivity contribution in [1.29, 1.82) is 0 Å². The standard InChI is InChI=1S/C23H32O3.Li.H/c1-2-3-4-5-6-7-8-9-10-11-12-13-18-21-22(26-21)19-16-14-15-17-20(19)23(24)25;;/h11-18,21-22H,2-10H2,1H3,(H,24,25);;/q;+1;-1. The Bertz CT molecular complexity index is 616. The topological polar surface area (TPSA) is 49.8 Å². The first-order valence-corrected chi connectivity index (χ1v) is 10.0. The molecule has 1 heterocycles. The Morgan fingerprint density at radius 3 is 2.44 bits per heavy atom. The third-order valence-electron chi connectivity index (χ3n) is 4.80. The fourth-order valence-corrected chi connectivity index (χ4v) is 3.20. The molecule has 27 heavy (non-hydrogen) atoms. The monoisotopic (exact) mass is 364 g/mol. The molecule has 0 spiro atoms. The molecule has 1 aromatic carbocycles. The van der Waals surface area contributed by atoms with Gasteiger partial charge in [-0.25, -0.2) is 4.79 Å². The molecule has 0 aromatic heterocycles. The molecular formula is C23H33LiO3. The Morgan fingerprint density at radius 2 is 1.74 bits per heavy atom. The van der Waals surface area contributed by atoms with Crippen LogP contribution in [0.25, 0.3) is 0 Å². The van der Waals surface area contributed by atoms with Crippen LogP contribution in [0, 0.1) is 0 Å². The molecule has 3 nitrogen and oxygen atoms in total. The third-order valence-corrected chi connectivity index (χ3v) is 4.80. The molecule has 1 fully saturated rings. The van der Waals surface area contributed by atoms with Crippen molar-refractivity contribution in [3.8, 4) is 0 Å². The number of carboxylic acid groups (broad SMARTS) is 1. The number of allylic oxidation sites excluding steroid dienone is 3. The van der Waals surface area contributed by atoms with Gasteiger partial charge in [-0.1, -0.05) is 94.4 Å².